The highest BCUT2D eigenvalue weighted by Gasteiger charge is 2.07. The van der Waals surface area contributed by atoms with Crippen molar-refractivity contribution in [2.24, 2.45) is 4.99 Å². The maximum atomic E-state index is 13.2. The Morgan fingerprint density at radius 3 is 2.46 bits per heavy atom. The molecule has 2 N–H and O–H groups in total. The van der Waals surface area contributed by atoms with E-state index in [0.29, 0.717) is 12.1 Å². The lowest BCUT2D eigenvalue weighted by atomic mass is 10.1. The lowest BCUT2D eigenvalue weighted by molar-refractivity contribution is 0.0827. The van der Waals surface area contributed by atoms with E-state index >= 15 is 0 Å². The zero-order valence-corrected chi connectivity index (χ0v) is 16.8. The standard InChI is InChI=1S/C22H29FN4O/c1-4-24-22(25-14-6-8-17-7-5-9-20(23)15-17)26-16-18-10-12-19(13-11-18)21(28)27(2)3/h5,7,9-13,15H,4,6,8,14,16H2,1-3H3,(H2,24,25,26). The van der Waals surface area contributed by atoms with E-state index in [0.717, 1.165) is 43.0 Å². The average molecular weight is 384 g/mol. The molecule has 0 saturated heterocycles. The molecule has 2 aromatic rings. The zero-order valence-electron chi connectivity index (χ0n) is 16.8. The van der Waals surface area contributed by atoms with Gasteiger partial charge in [0.05, 0.1) is 6.54 Å². The fraction of sp³-hybridized carbons (Fsp3) is 0.364. The Morgan fingerprint density at radius 1 is 1.07 bits per heavy atom. The van der Waals surface area contributed by atoms with E-state index < -0.39 is 0 Å². The van der Waals surface area contributed by atoms with Crippen molar-refractivity contribution in [3.63, 3.8) is 0 Å². The number of nitrogens with zero attached hydrogens (tertiary/aromatic N) is 2. The molecule has 2 rings (SSSR count). The van der Waals surface area contributed by atoms with Crippen molar-refractivity contribution >= 4 is 11.9 Å². The van der Waals surface area contributed by atoms with Gasteiger partial charge in [-0.2, -0.15) is 0 Å². The van der Waals surface area contributed by atoms with E-state index in [1.807, 2.05) is 37.3 Å². The van der Waals surface area contributed by atoms with Crippen LogP contribution in [0.25, 0.3) is 0 Å². The number of nitrogens with one attached hydrogen (secondary N) is 2. The number of amides is 1. The highest BCUT2D eigenvalue weighted by Crippen LogP contribution is 2.08. The molecule has 0 bridgehead atoms. The minimum absolute atomic E-state index is 0.0108. The van der Waals surface area contributed by atoms with Gasteiger partial charge in [-0.3, -0.25) is 4.79 Å². The Balaban J connectivity index is 1.85. The summed E-state index contributed by atoms with van der Waals surface area (Å²) in [5.41, 5.74) is 2.70. The van der Waals surface area contributed by atoms with Crippen molar-refractivity contribution in [1.82, 2.24) is 15.5 Å². The molecule has 0 aliphatic carbocycles. The second-order valence-electron chi connectivity index (χ2n) is 6.75. The molecule has 0 radical (unpaired) electrons. The Hall–Kier alpha value is -2.89. The first-order valence-electron chi connectivity index (χ1n) is 9.57. The van der Waals surface area contributed by atoms with Crippen LogP contribution in [0, 0.1) is 5.82 Å². The van der Waals surface area contributed by atoms with Crippen LogP contribution in [0.5, 0.6) is 0 Å². The van der Waals surface area contributed by atoms with E-state index in [4.69, 9.17) is 0 Å². The van der Waals surface area contributed by atoms with Crippen molar-refractivity contribution < 1.29 is 9.18 Å². The Morgan fingerprint density at radius 2 is 1.82 bits per heavy atom. The lowest BCUT2D eigenvalue weighted by Gasteiger charge is -2.12. The molecule has 0 spiro atoms. The predicted octanol–water partition coefficient (Wildman–Crippen LogP) is 3.22. The molecule has 2 aromatic carbocycles. The molecular formula is C22H29FN4O. The SMILES string of the molecule is CCNC(=NCc1ccc(C(=O)N(C)C)cc1)NCCCc1cccc(F)c1. The lowest BCUT2D eigenvalue weighted by Crippen LogP contribution is -2.37. The van der Waals surface area contributed by atoms with Crippen LogP contribution in [0.1, 0.15) is 34.8 Å². The number of rotatable bonds is 8. The van der Waals surface area contributed by atoms with Crippen molar-refractivity contribution in [1.29, 1.82) is 0 Å². The molecule has 28 heavy (non-hydrogen) atoms. The van der Waals surface area contributed by atoms with Gasteiger partial charge in [-0.25, -0.2) is 9.38 Å². The van der Waals surface area contributed by atoms with Crippen molar-refractivity contribution in [2.45, 2.75) is 26.3 Å². The van der Waals surface area contributed by atoms with Gasteiger partial charge >= 0.3 is 0 Å². The molecule has 6 heteroatoms. The fourth-order valence-corrected chi connectivity index (χ4v) is 2.71. The maximum absolute atomic E-state index is 13.2. The Labute approximate surface area is 166 Å². The van der Waals surface area contributed by atoms with Gasteiger partial charge in [0.2, 0.25) is 0 Å². The minimum Gasteiger partial charge on any atom is -0.357 e. The Kier molecular flexibility index (Phi) is 8.46. The van der Waals surface area contributed by atoms with Gasteiger partial charge in [-0.1, -0.05) is 24.3 Å². The molecule has 0 unspecified atom stereocenters. The number of aryl methyl sites for hydroxylation is 1. The Bertz CT molecular complexity index is 787. The number of halogens is 1. The predicted molar refractivity (Wildman–Crippen MR) is 112 cm³/mol. The van der Waals surface area contributed by atoms with Crippen LogP contribution in [-0.2, 0) is 13.0 Å². The molecule has 0 aromatic heterocycles. The third kappa shape index (κ3) is 7.02. The van der Waals surface area contributed by atoms with Gasteiger partial charge in [0.25, 0.3) is 5.91 Å². The van der Waals surface area contributed by atoms with E-state index in [1.165, 1.54) is 6.07 Å². The van der Waals surface area contributed by atoms with Crippen molar-refractivity contribution in [3.05, 3.63) is 71.0 Å². The fourth-order valence-electron chi connectivity index (χ4n) is 2.71. The second kappa shape index (κ2) is 11.1. The maximum Gasteiger partial charge on any atom is 0.253 e. The number of carbonyl (C=O) groups excluding carboxylic acids is 1. The number of carbonyl (C=O) groups is 1. The molecule has 1 amide bonds. The van der Waals surface area contributed by atoms with Crippen LogP contribution in [0.3, 0.4) is 0 Å². The van der Waals surface area contributed by atoms with Gasteiger partial charge in [-0.15, -0.1) is 0 Å². The number of hydrogen-bond acceptors (Lipinski definition) is 2. The minimum atomic E-state index is -0.196. The van der Waals surface area contributed by atoms with Crippen LogP contribution in [0.15, 0.2) is 53.5 Å². The van der Waals surface area contributed by atoms with Crippen LogP contribution in [0.2, 0.25) is 0 Å². The summed E-state index contributed by atoms with van der Waals surface area (Å²) in [5.74, 6) is 0.539. The second-order valence-corrected chi connectivity index (χ2v) is 6.75. The normalized spacial score (nSPS) is 11.2. The summed E-state index contributed by atoms with van der Waals surface area (Å²) in [4.78, 5) is 18.1. The summed E-state index contributed by atoms with van der Waals surface area (Å²) < 4.78 is 13.2. The summed E-state index contributed by atoms with van der Waals surface area (Å²) in [5, 5.41) is 6.53. The highest BCUT2D eigenvalue weighted by molar-refractivity contribution is 5.93. The summed E-state index contributed by atoms with van der Waals surface area (Å²) in [7, 11) is 3.48. The molecule has 5 nitrogen and oxygen atoms in total. The molecule has 0 heterocycles. The van der Waals surface area contributed by atoms with Gasteiger partial charge in [0.1, 0.15) is 5.82 Å². The molecule has 0 saturated carbocycles. The van der Waals surface area contributed by atoms with Gasteiger partial charge in [0, 0.05) is 32.7 Å². The first-order valence-corrected chi connectivity index (χ1v) is 9.57. The monoisotopic (exact) mass is 384 g/mol. The quantitative estimate of drug-likeness (QED) is 0.417. The number of guanidine groups is 1. The van der Waals surface area contributed by atoms with E-state index in [1.54, 1.807) is 31.1 Å². The van der Waals surface area contributed by atoms with Crippen LogP contribution in [-0.4, -0.2) is 44.0 Å². The van der Waals surface area contributed by atoms with Crippen LogP contribution >= 0.6 is 0 Å². The highest BCUT2D eigenvalue weighted by atomic mass is 19.1. The van der Waals surface area contributed by atoms with Gasteiger partial charge in [0.15, 0.2) is 5.96 Å². The largest absolute Gasteiger partial charge is 0.357 e. The summed E-state index contributed by atoms with van der Waals surface area (Å²) in [6.07, 6.45) is 1.70. The molecule has 0 fully saturated rings. The number of aliphatic imine (C=N–C) groups is 1. The van der Waals surface area contributed by atoms with E-state index in [-0.39, 0.29) is 11.7 Å². The molecule has 150 valence electrons. The van der Waals surface area contributed by atoms with E-state index in [2.05, 4.69) is 15.6 Å². The number of hydrogen-bond donors (Lipinski definition) is 2. The average Bonchev–Trinajstić information content (AvgIpc) is 2.69. The van der Waals surface area contributed by atoms with Gasteiger partial charge in [-0.05, 0) is 55.2 Å². The number of benzene rings is 2. The summed E-state index contributed by atoms with van der Waals surface area (Å²) in [6.45, 7) is 4.06. The summed E-state index contributed by atoms with van der Waals surface area (Å²) in [6, 6.07) is 14.2. The zero-order chi connectivity index (χ0) is 20.4. The van der Waals surface area contributed by atoms with E-state index in [9.17, 15) is 9.18 Å². The molecular weight excluding hydrogens is 355 g/mol. The molecule has 0 aliphatic rings. The molecule has 0 aliphatic heterocycles. The van der Waals surface area contributed by atoms with Crippen LogP contribution in [0.4, 0.5) is 4.39 Å². The van der Waals surface area contributed by atoms with Gasteiger partial charge < -0.3 is 15.5 Å². The topological polar surface area (TPSA) is 56.7 Å². The summed E-state index contributed by atoms with van der Waals surface area (Å²) >= 11 is 0. The molecule has 0 atom stereocenters. The van der Waals surface area contributed by atoms with Crippen LogP contribution < -0.4 is 10.6 Å². The third-order valence-electron chi connectivity index (χ3n) is 4.19. The third-order valence-corrected chi connectivity index (χ3v) is 4.19. The first kappa shape index (κ1) is 21.4. The smallest absolute Gasteiger partial charge is 0.253 e. The van der Waals surface area contributed by atoms with Crippen molar-refractivity contribution in [2.75, 3.05) is 27.2 Å². The first-order chi connectivity index (χ1) is 13.5. The van der Waals surface area contributed by atoms with Crippen molar-refractivity contribution in [3.8, 4) is 0 Å².